The first-order chi connectivity index (χ1) is 9.58. The van der Waals surface area contributed by atoms with Crippen LogP contribution in [0.25, 0.3) is 11.0 Å². The minimum atomic E-state index is -0.960. The van der Waals surface area contributed by atoms with Crippen LogP contribution >= 0.6 is 0 Å². The molecule has 1 aliphatic heterocycles. The Kier molecular flexibility index (Phi) is 2.81. The number of methoxy groups -OCH3 is 1. The number of aliphatic carboxylic acids is 1. The number of fused-ring (bicyclic) bond motifs is 1. The number of anilines is 1. The second kappa shape index (κ2) is 4.52. The molecule has 0 spiro atoms. The van der Waals surface area contributed by atoms with Gasteiger partial charge in [-0.15, -0.1) is 0 Å². The second-order valence-corrected chi connectivity index (χ2v) is 4.69. The number of hydrogen-bond donors (Lipinski definition) is 2. The molecular formula is C13H13N3O4. The lowest BCUT2D eigenvalue weighted by Gasteiger charge is -2.11. The quantitative estimate of drug-likeness (QED) is 0.871. The van der Waals surface area contributed by atoms with Gasteiger partial charge < -0.3 is 14.8 Å². The monoisotopic (exact) mass is 275 g/mol. The number of imidazole rings is 1. The Morgan fingerprint density at radius 3 is 3.00 bits per heavy atom. The maximum absolute atomic E-state index is 11.9. The highest BCUT2D eigenvalue weighted by atomic mass is 16.5. The Labute approximate surface area is 114 Å². The normalized spacial score (nSPS) is 18.8. The van der Waals surface area contributed by atoms with Gasteiger partial charge in [0.1, 0.15) is 5.75 Å². The van der Waals surface area contributed by atoms with Crippen molar-refractivity contribution in [2.24, 2.45) is 5.92 Å². The Morgan fingerprint density at radius 1 is 1.55 bits per heavy atom. The summed E-state index contributed by atoms with van der Waals surface area (Å²) in [6.45, 7) is 0.144. The number of aromatic amines is 1. The molecule has 2 N–H and O–H groups in total. The number of amides is 1. The first-order valence-electron chi connectivity index (χ1n) is 6.15. The molecule has 1 fully saturated rings. The smallest absolute Gasteiger partial charge is 0.308 e. The van der Waals surface area contributed by atoms with Crippen molar-refractivity contribution < 1.29 is 19.4 Å². The number of aromatic nitrogens is 2. The molecular weight excluding hydrogens is 262 g/mol. The molecule has 20 heavy (non-hydrogen) atoms. The Balaban J connectivity index is 1.94. The zero-order valence-corrected chi connectivity index (χ0v) is 10.8. The fraction of sp³-hybridized carbons (Fsp3) is 0.308. The van der Waals surface area contributed by atoms with Gasteiger partial charge in [-0.25, -0.2) is 4.98 Å². The van der Waals surface area contributed by atoms with Gasteiger partial charge in [0.05, 0.1) is 24.1 Å². The zero-order valence-electron chi connectivity index (χ0n) is 10.8. The second-order valence-electron chi connectivity index (χ2n) is 4.69. The number of benzene rings is 1. The molecule has 1 aliphatic rings. The van der Waals surface area contributed by atoms with Gasteiger partial charge in [0.15, 0.2) is 0 Å². The number of nitrogens with zero attached hydrogens (tertiary/aromatic N) is 2. The lowest BCUT2D eigenvalue weighted by atomic mass is 10.1. The summed E-state index contributed by atoms with van der Waals surface area (Å²) in [6, 6.07) is 5.34. The molecule has 2 aromatic rings. The summed E-state index contributed by atoms with van der Waals surface area (Å²) >= 11 is 0. The number of hydrogen-bond acceptors (Lipinski definition) is 4. The van der Waals surface area contributed by atoms with Crippen molar-refractivity contribution in [3.05, 3.63) is 18.2 Å². The van der Waals surface area contributed by atoms with Gasteiger partial charge in [-0.1, -0.05) is 0 Å². The largest absolute Gasteiger partial charge is 0.497 e. The first-order valence-corrected chi connectivity index (χ1v) is 6.15. The summed E-state index contributed by atoms with van der Waals surface area (Å²) in [7, 11) is 1.57. The van der Waals surface area contributed by atoms with E-state index in [0.29, 0.717) is 17.2 Å². The standard InChI is InChI=1S/C13H13N3O4/c1-20-8-2-3-9-10(5-8)15-13(14-9)16-6-7(12(18)19)4-11(16)17/h2-3,5,7H,4,6H2,1H3,(H,14,15)(H,18,19). The highest BCUT2D eigenvalue weighted by Crippen LogP contribution is 2.26. The molecule has 104 valence electrons. The van der Waals surface area contributed by atoms with E-state index in [0.717, 1.165) is 5.52 Å². The molecule has 1 amide bonds. The van der Waals surface area contributed by atoms with Crippen molar-refractivity contribution in [1.82, 2.24) is 9.97 Å². The highest BCUT2D eigenvalue weighted by molar-refractivity contribution is 5.99. The third-order valence-electron chi connectivity index (χ3n) is 3.41. The molecule has 1 saturated heterocycles. The Morgan fingerprint density at radius 2 is 2.35 bits per heavy atom. The predicted molar refractivity (Wildman–Crippen MR) is 70.7 cm³/mol. The fourth-order valence-electron chi connectivity index (χ4n) is 2.31. The lowest BCUT2D eigenvalue weighted by molar-refractivity contribution is -0.141. The average Bonchev–Trinajstić information content (AvgIpc) is 3.00. The fourth-order valence-corrected chi connectivity index (χ4v) is 2.31. The van der Waals surface area contributed by atoms with Crippen LogP contribution in [0, 0.1) is 5.92 Å². The van der Waals surface area contributed by atoms with Crippen molar-refractivity contribution in [3.63, 3.8) is 0 Å². The number of ether oxygens (including phenoxy) is 1. The molecule has 1 unspecified atom stereocenters. The van der Waals surface area contributed by atoms with Crippen LogP contribution in [0.5, 0.6) is 5.75 Å². The topological polar surface area (TPSA) is 95.5 Å². The van der Waals surface area contributed by atoms with Crippen LogP contribution in [-0.4, -0.2) is 40.6 Å². The Bertz CT molecular complexity index is 694. The zero-order chi connectivity index (χ0) is 14.3. The summed E-state index contributed by atoms with van der Waals surface area (Å²) in [6.07, 6.45) is 0.00962. The first kappa shape index (κ1) is 12.5. The van der Waals surface area contributed by atoms with Crippen LogP contribution in [0.4, 0.5) is 5.95 Å². The molecule has 1 aromatic carbocycles. The van der Waals surface area contributed by atoms with Gasteiger partial charge in [0.2, 0.25) is 11.9 Å². The van der Waals surface area contributed by atoms with E-state index in [9.17, 15) is 9.59 Å². The maximum Gasteiger partial charge on any atom is 0.308 e. The molecule has 0 saturated carbocycles. The maximum atomic E-state index is 11.9. The van der Waals surface area contributed by atoms with Crippen molar-refractivity contribution >= 4 is 28.9 Å². The number of H-pyrrole nitrogens is 1. The van der Waals surface area contributed by atoms with Gasteiger partial charge in [0, 0.05) is 19.0 Å². The van der Waals surface area contributed by atoms with Crippen LogP contribution < -0.4 is 9.64 Å². The van der Waals surface area contributed by atoms with Gasteiger partial charge >= 0.3 is 5.97 Å². The molecule has 3 rings (SSSR count). The number of nitrogens with one attached hydrogen (secondary N) is 1. The van der Waals surface area contributed by atoms with Gasteiger partial charge in [-0.2, -0.15) is 0 Å². The van der Waals surface area contributed by atoms with Gasteiger partial charge in [-0.3, -0.25) is 14.5 Å². The van der Waals surface area contributed by atoms with Crippen LogP contribution in [0.15, 0.2) is 18.2 Å². The predicted octanol–water partition coefficient (Wildman–Crippen LogP) is 1.01. The van der Waals surface area contributed by atoms with Crippen LogP contribution in [0.1, 0.15) is 6.42 Å². The third kappa shape index (κ3) is 1.97. The molecule has 0 aliphatic carbocycles. The lowest BCUT2D eigenvalue weighted by Crippen LogP contribution is -2.26. The number of carboxylic acid groups (broad SMARTS) is 1. The van der Waals surface area contributed by atoms with E-state index in [1.807, 2.05) is 0 Å². The molecule has 0 radical (unpaired) electrons. The van der Waals surface area contributed by atoms with E-state index in [2.05, 4.69) is 9.97 Å². The van der Waals surface area contributed by atoms with E-state index in [4.69, 9.17) is 9.84 Å². The summed E-state index contributed by atoms with van der Waals surface area (Å²) in [5, 5.41) is 8.98. The van der Waals surface area contributed by atoms with E-state index in [1.54, 1.807) is 25.3 Å². The number of rotatable bonds is 3. The summed E-state index contributed by atoms with van der Waals surface area (Å²) in [4.78, 5) is 31.5. The third-order valence-corrected chi connectivity index (χ3v) is 3.41. The highest BCUT2D eigenvalue weighted by Gasteiger charge is 2.36. The minimum Gasteiger partial charge on any atom is -0.497 e. The molecule has 7 heteroatoms. The van der Waals surface area contributed by atoms with E-state index in [1.165, 1.54) is 4.90 Å². The molecule has 0 bridgehead atoms. The number of carboxylic acids is 1. The Hall–Kier alpha value is -2.57. The molecule has 2 heterocycles. The van der Waals surface area contributed by atoms with Crippen molar-refractivity contribution in [3.8, 4) is 5.75 Å². The van der Waals surface area contributed by atoms with E-state index in [-0.39, 0.29) is 18.9 Å². The molecule has 1 aromatic heterocycles. The molecule has 1 atom stereocenters. The van der Waals surface area contributed by atoms with Crippen LogP contribution in [-0.2, 0) is 9.59 Å². The van der Waals surface area contributed by atoms with Crippen LogP contribution in [0.2, 0.25) is 0 Å². The average molecular weight is 275 g/mol. The van der Waals surface area contributed by atoms with Crippen molar-refractivity contribution in [1.29, 1.82) is 0 Å². The summed E-state index contributed by atoms with van der Waals surface area (Å²) < 4.78 is 5.12. The number of carbonyl (C=O) groups excluding carboxylic acids is 1. The summed E-state index contributed by atoms with van der Waals surface area (Å²) in [5.74, 6) is -0.807. The van der Waals surface area contributed by atoms with E-state index < -0.39 is 11.9 Å². The van der Waals surface area contributed by atoms with E-state index >= 15 is 0 Å². The number of carbonyl (C=O) groups is 2. The minimum absolute atomic E-state index is 0.00962. The van der Waals surface area contributed by atoms with Crippen molar-refractivity contribution in [2.75, 3.05) is 18.6 Å². The van der Waals surface area contributed by atoms with Crippen LogP contribution in [0.3, 0.4) is 0 Å². The molecule has 7 nitrogen and oxygen atoms in total. The van der Waals surface area contributed by atoms with Gasteiger partial charge in [0.25, 0.3) is 0 Å². The summed E-state index contributed by atoms with van der Waals surface area (Å²) in [5.41, 5.74) is 1.44. The SMILES string of the molecule is COc1ccc2nc(N3CC(C(=O)O)CC3=O)[nH]c2c1. The van der Waals surface area contributed by atoms with Crippen molar-refractivity contribution in [2.45, 2.75) is 6.42 Å². The van der Waals surface area contributed by atoms with Gasteiger partial charge in [-0.05, 0) is 12.1 Å².